The van der Waals surface area contributed by atoms with E-state index in [1.54, 1.807) is 11.8 Å². The molecule has 0 saturated heterocycles. The zero-order valence-corrected chi connectivity index (χ0v) is 11.6. The Balaban J connectivity index is 2.29. The van der Waals surface area contributed by atoms with Gasteiger partial charge in [-0.1, -0.05) is 20.3 Å². The second-order valence-corrected chi connectivity index (χ2v) is 5.93. The first-order chi connectivity index (χ1) is 8.67. The lowest BCUT2D eigenvalue weighted by Gasteiger charge is -2.20. The molecule has 1 aromatic carbocycles. The first-order valence-corrected chi connectivity index (χ1v) is 7.44. The van der Waals surface area contributed by atoms with Crippen LogP contribution in [0.2, 0.25) is 0 Å². The Bertz CT molecular complexity index is 423. The summed E-state index contributed by atoms with van der Waals surface area (Å²) in [7, 11) is 0. The monoisotopic (exact) mass is 271 g/mol. The van der Waals surface area contributed by atoms with E-state index in [1.807, 2.05) is 0 Å². The molecule has 1 N–H and O–H groups in total. The van der Waals surface area contributed by atoms with Crippen molar-refractivity contribution in [1.82, 2.24) is 5.32 Å². The van der Waals surface area contributed by atoms with Crippen molar-refractivity contribution in [2.45, 2.75) is 49.3 Å². The second kappa shape index (κ2) is 6.02. The van der Waals surface area contributed by atoms with Crippen LogP contribution in [0, 0.1) is 11.6 Å². The predicted molar refractivity (Wildman–Crippen MR) is 71.9 cm³/mol. The molecule has 0 saturated carbocycles. The lowest BCUT2D eigenvalue weighted by molar-refractivity contribution is 0.488. The van der Waals surface area contributed by atoms with Crippen molar-refractivity contribution in [3.05, 3.63) is 29.3 Å². The van der Waals surface area contributed by atoms with E-state index in [0.29, 0.717) is 10.1 Å². The standard InChI is InChI=1S/C14H19F2NS/c1-3-5-12-13(17-6-4-2)10-7-9(15)8-11(16)14(10)18-12/h7-8,12-13,17H,3-6H2,1-2H3. The van der Waals surface area contributed by atoms with Gasteiger partial charge in [0.1, 0.15) is 11.6 Å². The molecule has 0 aromatic heterocycles. The zero-order chi connectivity index (χ0) is 13.1. The van der Waals surface area contributed by atoms with E-state index in [-0.39, 0.29) is 6.04 Å². The van der Waals surface area contributed by atoms with Crippen LogP contribution in [0.25, 0.3) is 0 Å². The maximum Gasteiger partial charge on any atom is 0.140 e. The summed E-state index contributed by atoms with van der Waals surface area (Å²) in [5.74, 6) is -0.899. The van der Waals surface area contributed by atoms with Gasteiger partial charge in [0.15, 0.2) is 0 Å². The first-order valence-electron chi connectivity index (χ1n) is 6.56. The van der Waals surface area contributed by atoms with Crippen LogP contribution in [0.1, 0.15) is 44.7 Å². The van der Waals surface area contributed by atoms with Crippen LogP contribution in [0.15, 0.2) is 17.0 Å². The van der Waals surface area contributed by atoms with Gasteiger partial charge in [-0.25, -0.2) is 8.78 Å². The van der Waals surface area contributed by atoms with Gasteiger partial charge in [0.25, 0.3) is 0 Å². The SMILES string of the molecule is CCCNC1c2cc(F)cc(F)c2SC1CCC. The fraction of sp³-hybridized carbons (Fsp3) is 0.571. The number of thioether (sulfide) groups is 1. The molecule has 2 atom stereocenters. The highest BCUT2D eigenvalue weighted by Gasteiger charge is 2.34. The van der Waals surface area contributed by atoms with Gasteiger partial charge < -0.3 is 5.32 Å². The van der Waals surface area contributed by atoms with Crippen molar-refractivity contribution in [3.8, 4) is 0 Å². The van der Waals surface area contributed by atoms with Gasteiger partial charge in [-0.2, -0.15) is 0 Å². The average molecular weight is 271 g/mol. The molecule has 0 aliphatic carbocycles. The largest absolute Gasteiger partial charge is 0.309 e. The van der Waals surface area contributed by atoms with Gasteiger partial charge in [0, 0.05) is 22.3 Å². The van der Waals surface area contributed by atoms with E-state index >= 15 is 0 Å². The highest BCUT2D eigenvalue weighted by Crippen LogP contribution is 2.47. The Hall–Kier alpha value is -0.610. The van der Waals surface area contributed by atoms with Crippen molar-refractivity contribution in [3.63, 3.8) is 0 Å². The Morgan fingerprint density at radius 3 is 2.67 bits per heavy atom. The van der Waals surface area contributed by atoms with Gasteiger partial charge in [-0.15, -0.1) is 11.8 Å². The smallest absolute Gasteiger partial charge is 0.140 e. The Morgan fingerprint density at radius 2 is 2.00 bits per heavy atom. The number of fused-ring (bicyclic) bond motifs is 1. The lowest BCUT2D eigenvalue weighted by Crippen LogP contribution is -2.27. The molecule has 1 aliphatic heterocycles. The normalized spacial score (nSPS) is 22.2. The summed E-state index contributed by atoms with van der Waals surface area (Å²) in [6.07, 6.45) is 3.09. The van der Waals surface area contributed by atoms with Crippen molar-refractivity contribution in [1.29, 1.82) is 0 Å². The Kier molecular flexibility index (Phi) is 4.62. The van der Waals surface area contributed by atoms with Crippen LogP contribution in [0.4, 0.5) is 8.78 Å². The van der Waals surface area contributed by atoms with E-state index in [1.165, 1.54) is 6.07 Å². The quantitative estimate of drug-likeness (QED) is 0.858. The van der Waals surface area contributed by atoms with Crippen molar-refractivity contribution >= 4 is 11.8 Å². The molecule has 0 radical (unpaired) electrons. The molecule has 1 aromatic rings. The number of nitrogens with one attached hydrogen (secondary N) is 1. The topological polar surface area (TPSA) is 12.0 Å². The van der Waals surface area contributed by atoms with Crippen molar-refractivity contribution in [2.24, 2.45) is 0 Å². The predicted octanol–water partition coefficient (Wildman–Crippen LogP) is 4.28. The third-order valence-corrected chi connectivity index (χ3v) is 4.68. The molecule has 1 heterocycles. The van der Waals surface area contributed by atoms with Gasteiger partial charge in [0.2, 0.25) is 0 Å². The summed E-state index contributed by atoms with van der Waals surface area (Å²) < 4.78 is 27.1. The minimum atomic E-state index is -0.479. The molecule has 1 aliphatic rings. The number of hydrogen-bond acceptors (Lipinski definition) is 2. The minimum Gasteiger partial charge on any atom is -0.309 e. The number of hydrogen-bond donors (Lipinski definition) is 1. The van der Waals surface area contributed by atoms with Gasteiger partial charge in [-0.3, -0.25) is 0 Å². The molecule has 0 amide bonds. The average Bonchev–Trinajstić information content (AvgIpc) is 2.65. The lowest BCUT2D eigenvalue weighted by atomic mass is 10.0. The van der Waals surface area contributed by atoms with Crippen LogP contribution in [-0.2, 0) is 0 Å². The van der Waals surface area contributed by atoms with Crippen LogP contribution in [0.3, 0.4) is 0 Å². The van der Waals surface area contributed by atoms with Crippen molar-refractivity contribution < 1.29 is 8.78 Å². The van der Waals surface area contributed by atoms with Crippen LogP contribution in [-0.4, -0.2) is 11.8 Å². The number of benzene rings is 1. The fourth-order valence-electron chi connectivity index (χ4n) is 2.41. The second-order valence-electron chi connectivity index (χ2n) is 4.68. The first kappa shape index (κ1) is 13.8. The van der Waals surface area contributed by atoms with Crippen LogP contribution < -0.4 is 5.32 Å². The molecule has 1 nitrogen and oxygen atoms in total. The number of rotatable bonds is 5. The molecular formula is C14H19F2NS. The van der Waals surface area contributed by atoms with E-state index < -0.39 is 11.6 Å². The van der Waals surface area contributed by atoms with E-state index in [2.05, 4.69) is 19.2 Å². The minimum absolute atomic E-state index is 0.0788. The van der Waals surface area contributed by atoms with Crippen LogP contribution in [0.5, 0.6) is 0 Å². The summed E-state index contributed by atoms with van der Waals surface area (Å²) >= 11 is 1.55. The molecule has 4 heteroatoms. The zero-order valence-electron chi connectivity index (χ0n) is 10.8. The summed E-state index contributed by atoms with van der Waals surface area (Å²) in [6.45, 7) is 5.09. The summed E-state index contributed by atoms with van der Waals surface area (Å²) in [5, 5.41) is 3.74. The third-order valence-electron chi connectivity index (χ3n) is 3.20. The van der Waals surface area contributed by atoms with E-state index in [9.17, 15) is 8.78 Å². The number of halogens is 2. The Morgan fingerprint density at radius 1 is 1.22 bits per heavy atom. The summed E-state index contributed by atoms with van der Waals surface area (Å²) in [5.41, 5.74) is 0.796. The van der Waals surface area contributed by atoms with Gasteiger partial charge >= 0.3 is 0 Å². The van der Waals surface area contributed by atoms with Crippen molar-refractivity contribution in [2.75, 3.05) is 6.54 Å². The maximum absolute atomic E-state index is 13.8. The molecule has 18 heavy (non-hydrogen) atoms. The Labute approximate surface area is 111 Å². The molecule has 0 fully saturated rings. The highest BCUT2D eigenvalue weighted by molar-refractivity contribution is 8.00. The van der Waals surface area contributed by atoms with Gasteiger partial charge in [-0.05, 0) is 31.0 Å². The van der Waals surface area contributed by atoms with E-state index in [0.717, 1.165) is 37.4 Å². The molecule has 0 spiro atoms. The molecule has 2 unspecified atom stereocenters. The third kappa shape index (κ3) is 2.69. The molecule has 0 bridgehead atoms. The summed E-state index contributed by atoms with van der Waals surface area (Å²) in [4.78, 5) is 0.628. The molecule has 2 rings (SSSR count). The molecular weight excluding hydrogens is 252 g/mol. The fourth-order valence-corrected chi connectivity index (χ4v) is 3.94. The highest BCUT2D eigenvalue weighted by atomic mass is 32.2. The van der Waals surface area contributed by atoms with E-state index in [4.69, 9.17) is 0 Å². The van der Waals surface area contributed by atoms with Gasteiger partial charge in [0.05, 0.1) is 0 Å². The maximum atomic E-state index is 13.8. The molecule has 100 valence electrons. The van der Waals surface area contributed by atoms with Crippen LogP contribution >= 0.6 is 11.8 Å². The summed E-state index contributed by atoms with van der Waals surface area (Å²) in [6, 6.07) is 2.54.